The third-order valence-corrected chi connectivity index (χ3v) is 4.58. The fraction of sp³-hybridized carbons (Fsp3) is 0. The zero-order valence-electron chi connectivity index (χ0n) is 12.3. The molecule has 0 aliphatic carbocycles. The Labute approximate surface area is 137 Å². The minimum atomic E-state index is -3.74. The van der Waals surface area contributed by atoms with Crippen molar-refractivity contribution in [3.8, 4) is 22.7 Å². The number of rotatable bonds is 3. The number of benzene rings is 1. The Balaban J connectivity index is 1.97. The Morgan fingerprint density at radius 2 is 1.88 bits per heavy atom. The molecule has 0 aliphatic heterocycles. The molecule has 7 nitrogen and oxygen atoms in total. The molecule has 24 heavy (non-hydrogen) atoms. The molecule has 4 aromatic rings. The summed E-state index contributed by atoms with van der Waals surface area (Å²) in [7, 11) is -3.74. The second-order valence-corrected chi connectivity index (χ2v) is 6.72. The predicted molar refractivity (Wildman–Crippen MR) is 87.5 cm³/mol. The molecule has 3 heterocycles. The van der Waals surface area contributed by atoms with Crippen molar-refractivity contribution in [1.29, 1.82) is 0 Å². The van der Waals surface area contributed by atoms with Crippen molar-refractivity contribution in [2.24, 2.45) is 5.14 Å². The van der Waals surface area contributed by atoms with Gasteiger partial charge in [0.25, 0.3) is 0 Å². The highest BCUT2D eigenvalue weighted by Gasteiger charge is 2.19. The van der Waals surface area contributed by atoms with Gasteiger partial charge in [-0.15, -0.1) is 0 Å². The van der Waals surface area contributed by atoms with Crippen LogP contribution in [0, 0.1) is 0 Å². The van der Waals surface area contributed by atoms with Crippen molar-refractivity contribution in [2.75, 3.05) is 0 Å². The zero-order chi connectivity index (χ0) is 16.7. The average molecular weight is 340 g/mol. The summed E-state index contributed by atoms with van der Waals surface area (Å²) >= 11 is 0. The minimum absolute atomic E-state index is 0.0559. The summed E-state index contributed by atoms with van der Waals surface area (Å²) in [5.74, 6) is 0.393. The number of nitrogens with two attached hydrogens (primary N) is 1. The van der Waals surface area contributed by atoms with Crippen LogP contribution < -0.4 is 5.14 Å². The summed E-state index contributed by atoms with van der Waals surface area (Å²) in [5.41, 5.74) is 3.03. The molecule has 0 spiro atoms. The molecule has 1 aromatic carbocycles. The van der Waals surface area contributed by atoms with Gasteiger partial charge in [0.05, 0.1) is 16.6 Å². The smallest absolute Gasteiger partial charge is 0.247 e. The highest BCUT2D eigenvalue weighted by molar-refractivity contribution is 7.89. The molecule has 0 unspecified atom stereocenters. The third-order valence-electron chi connectivity index (χ3n) is 3.65. The Morgan fingerprint density at radius 3 is 2.54 bits per heavy atom. The average Bonchev–Trinajstić information content (AvgIpc) is 3.21. The number of pyridine rings is 1. The van der Waals surface area contributed by atoms with E-state index in [9.17, 15) is 8.42 Å². The lowest BCUT2D eigenvalue weighted by molar-refractivity contribution is 0.571. The van der Waals surface area contributed by atoms with Crippen molar-refractivity contribution >= 4 is 15.5 Å². The summed E-state index contributed by atoms with van der Waals surface area (Å²) in [6.07, 6.45) is 4.85. The van der Waals surface area contributed by atoms with E-state index in [1.54, 1.807) is 22.8 Å². The van der Waals surface area contributed by atoms with Gasteiger partial charge < -0.3 is 4.42 Å². The topological polar surface area (TPSA) is 103 Å². The predicted octanol–water partition coefficient (Wildman–Crippen LogP) is 2.30. The fourth-order valence-corrected chi connectivity index (χ4v) is 3.10. The molecule has 0 radical (unpaired) electrons. The lowest BCUT2D eigenvalue weighted by atomic mass is 10.0. The van der Waals surface area contributed by atoms with Crippen LogP contribution >= 0.6 is 0 Å². The maximum absolute atomic E-state index is 11.4. The van der Waals surface area contributed by atoms with E-state index in [1.165, 1.54) is 18.4 Å². The van der Waals surface area contributed by atoms with Crippen LogP contribution in [-0.2, 0) is 10.0 Å². The van der Waals surface area contributed by atoms with Crippen molar-refractivity contribution in [2.45, 2.75) is 4.90 Å². The summed E-state index contributed by atoms with van der Waals surface area (Å²) in [4.78, 5) is 4.22. The summed E-state index contributed by atoms with van der Waals surface area (Å²) in [5, 5.41) is 9.67. The Kier molecular flexibility index (Phi) is 3.22. The van der Waals surface area contributed by atoms with Crippen LogP contribution in [0.2, 0.25) is 0 Å². The molecule has 4 rings (SSSR count). The molecule has 0 bridgehead atoms. The van der Waals surface area contributed by atoms with Gasteiger partial charge in [0.2, 0.25) is 15.9 Å². The standard InChI is InChI=1S/C16H12N4O3S/c17-24(21,22)12-6-4-11(5-7-12)14-13-3-1-2-9-20(13)19-15(14)16-18-8-10-23-16/h1-10H,(H2,17,21,22). The van der Waals surface area contributed by atoms with E-state index in [-0.39, 0.29) is 4.90 Å². The number of sulfonamides is 1. The lowest BCUT2D eigenvalue weighted by Crippen LogP contribution is -2.11. The number of hydrogen-bond donors (Lipinski definition) is 1. The van der Waals surface area contributed by atoms with Gasteiger partial charge >= 0.3 is 0 Å². The first-order valence-corrected chi connectivity index (χ1v) is 8.59. The summed E-state index contributed by atoms with van der Waals surface area (Å²) in [6, 6.07) is 12.0. The van der Waals surface area contributed by atoms with Crippen LogP contribution in [0.25, 0.3) is 28.2 Å². The molecule has 0 aliphatic rings. The minimum Gasteiger partial charge on any atom is -0.443 e. The lowest BCUT2D eigenvalue weighted by Gasteiger charge is -2.03. The zero-order valence-corrected chi connectivity index (χ0v) is 13.1. The molecular formula is C16H12N4O3S. The van der Waals surface area contributed by atoms with Crippen LogP contribution in [0.15, 0.2) is 70.4 Å². The third kappa shape index (κ3) is 2.38. The molecular weight excluding hydrogens is 328 g/mol. The maximum atomic E-state index is 11.4. The van der Waals surface area contributed by atoms with Crippen LogP contribution in [0.3, 0.4) is 0 Å². The summed E-state index contributed by atoms with van der Waals surface area (Å²) in [6.45, 7) is 0. The van der Waals surface area contributed by atoms with Crippen molar-refractivity contribution in [1.82, 2.24) is 14.6 Å². The van der Waals surface area contributed by atoms with E-state index in [2.05, 4.69) is 10.1 Å². The first-order chi connectivity index (χ1) is 11.5. The van der Waals surface area contributed by atoms with Gasteiger partial charge in [0.15, 0.2) is 5.69 Å². The second-order valence-electron chi connectivity index (χ2n) is 5.16. The number of nitrogens with zero attached hydrogens (tertiary/aromatic N) is 3. The van der Waals surface area contributed by atoms with Gasteiger partial charge in [-0.05, 0) is 29.8 Å². The second kappa shape index (κ2) is 5.29. The van der Waals surface area contributed by atoms with E-state index in [0.717, 1.165) is 16.6 Å². The van der Waals surface area contributed by atoms with Gasteiger partial charge in [-0.1, -0.05) is 18.2 Å². The molecule has 0 fully saturated rings. The number of primary sulfonamides is 1. The fourth-order valence-electron chi connectivity index (χ4n) is 2.58. The molecule has 8 heteroatoms. The number of aromatic nitrogens is 3. The maximum Gasteiger partial charge on any atom is 0.247 e. The Hall–Kier alpha value is -2.97. The Morgan fingerprint density at radius 1 is 1.08 bits per heavy atom. The SMILES string of the molecule is NS(=O)(=O)c1ccc(-c2c(-c3ncco3)nn3ccccc23)cc1. The van der Waals surface area contributed by atoms with Crippen LogP contribution in [0.4, 0.5) is 0 Å². The highest BCUT2D eigenvalue weighted by atomic mass is 32.2. The number of hydrogen-bond acceptors (Lipinski definition) is 5. The molecule has 0 saturated heterocycles. The largest absolute Gasteiger partial charge is 0.443 e. The molecule has 0 saturated carbocycles. The first kappa shape index (κ1) is 14.6. The van der Waals surface area contributed by atoms with E-state index in [0.29, 0.717) is 11.6 Å². The highest BCUT2D eigenvalue weighted by Crippen LogP contribution is 2.34. The molecule has 2 N–H and O–H groups in total. The van der Waals surface area contributed by atoms with Gasteiger partial charge in [0.1, 0.15) is 6.26 Å². The van der Waals surface area contributed by atoms with Gasteiger partial charge in [0, 0.05) is 11.8 Å². The van der Waals surface area contributed by atoms with Crippen molar-refractivity contribution < 1.29 is 12.8 Å². The quantitative estimate of drug-likeness (QED) is 0.616. The van der Waals surface area contributed by atoms with Gasteiger partial charge in [-0.3, -0.25) is 0 Å². The summed E-state index contributed by atoms with van der Waals surface area (Å²) < 4.78 is 30.0. The van der Waals surface area contributed by atoms with Crippen molar-refractivity contribution in [3.05, 3.63) is 61.1 Å². The Bertz CT molecular complexity index is 1110. The molecule has 3 aromatic heterocycles. The monoisotopic (exact) mass is 340 g/mol. The van der Waals surface area contributed by atoms with Crippen LogP contribution in [0.5, 0.6) is 0 Å². The van der Waals surface area contributed by atoms with Crippen molar-refractivity contribution in [3.63, 3.8) is 0 Å². The normalized spacial score (nSPS) is 11.9. The number of fused-ring (bicyclic) bond motifs is 1. The van der Waals surface area contributed by atoms with Gasteiger partial charge in [-0.25, -0.2) is 23.1 Å². The molecule has 0 atom stereocenters. The van der Waals surface area contributed by atoms with Gasteiger partial charge in [-0.2, -0.15) is 5.10 Å². The van der Waals surface area contributed by atoms with E-state index < -0.39 is 10.0 Å². The van der Waals surface area contributed by atoms with E-state index in [4.69, 9.17) is 9.56 Å². The van der Waals surface area contributed by atoms with Crippen LogP contribution in [0.1, 0.15) is 0 Å². The van der Waals surface area contributed by atoms with E-state index in [1.807, 2.05) is 24.4 Å². The van der Waals surface area contributed by atoms with E-state index >= 15 is 0 Å². The number of oxazole rings is 1. The van der Waals surface area contributed by atoms with Crippen LogP contribution in [-0.4, -0.2) is 23.0 Å². The first-order valence-electron chi connectivity index (χ1n) is 7.04. The molecule has 0 amide bonds. The molecule has 120 valence electrons.